The molecule has 0 fully saturated rings. The Labute approximate surface area is 187 Å². The number of nitrogens with one attached hydrogen (secondary N) is 1. The molecule has 0 aliphatic carbocycles. The number of benzene rings is 1. The number of carbonyl (C=O) groups excluding carboxylic acids is 3. The Morgan fingerprint density at radius 1 is 1.27 bits per heavy atom. The van der Waals surface area contributed by atoms with E-state index in [4.69, 9.17) is 32.7 Å². The van der Waals surface area contributed by atoms with Crippen molar-refractivity contribution in [1.82, 2.24) is 4.90 Å². The van der Waals surface area contributed by atoms with Crippen LogP contribution < -0.4 is 10.1 Å². The minimum atomic E-state index is -0.497. The summed E-state index contributed by atoms with van der Waals surface area (Å²) >= 11 is 13.2. The van der Waals surface area contributed by atoms with Gasteiger partial charge in [-0.25, -0.2) is 4.79 Å². The number of halogens is 2. The van der Waals surface area contributed by atoms with Gasteiger partial charge in [0.1, 0.15) is 10.8 Å². The minimum absolute atomic E-state index is 0.0365. The fraction of sp³-hybridized carbons (Fsp3) is 0.350. The van der Waals surface area contributed by atoms with E-state index in [9.17, 15) is 14.4 Å². The van der Waals surface area contributed by atoms with E-state index in [-0.39, 0.29) is 19.1 Å². The quantitative estimate of drug-likeness (QED) is 0.640. The number of esters is 1. The average molecular weight is 471 g/mol. The fourth-order valence-electron chi connectivity index (χ4n) is 3.08. The van der Waals surface area contributed by atoms with Gasteiger partial charge < -0.3 is 19.7 Å². The van der Waals surface area contributed by atoms with Crippen molar-refractivity contribution in [2.45, 2.75) is 26.8 Å². The summed E-state index contributed by atoms with van der Waals surface area (Å²) in [5, 5.41) is 3.87. The largest absolute Gasteiger partial charge is 0.482 e. The number of carbonyl (C=O) groups is 3. The van der Waals surface area contributed by atoms with Crippen LogP contribution in [0.4, 0.5) is 5.00 Å². The van der Waals surface area contributed by atoms with E-state index >= 15 is 0 Å². The molecule has 0 saturated heterocycles. The predicted octanol–water partition coefficient (Wildman–Crippen LogP) is 4.15. The van der Waals surface area contributed by atoms with Crippen LogP contribution in [-0.4, -0.2) is 42.4 Å². The molecule has 10 heteroatoms. The number of rotatable bonds is 6. The molecule has 7 nitrogen and oxygen atoms in total. The first-order valence-corrected chi connectivity index (χ1v) is 10.8. The van der Waals surface area contributed by atoms with Crippen LogP contribution in [0.1, 0.15) is 34.6 Å². The van der Waals surface area contributed by atoms with Gasteiger partial charge in [-0.1, -0.05) is 23.2 Å². The lowest BCUT2D eigenvalue weighted by molar-refractivity contribution is -0.129. The first-order valence-electron chi connectivity index (χ1n) is 9.25. The van der Waals surface area contributed by atoms with Crippen molar-refractivity contribution in [2.24, 2.45) is 0 Å². The number of anilines is 1. The third kappa shape index (κ3) is 5.06. The van der Waals surface area contributed by atoms with Gasteiger partial charge in [0, 0.05) is 23.4 Å². The van der Waals surface area contributed by atoms with Crippen molar-refractivity contribution in [1.29, 1.82) is 0 Å². The molecule has 2 amide bonds. The molecule has 0 saturated carbocycles. The molecule has 1 aliphatic heterocycles. The van der Waals surface area contributed by atoms with Crippen molar-refractivity contribution < 1.29 is 23.9 Å². The lowest BCUT2D eigenvalue weighted by Gasteiger charge is -2.25. The maximum atomic E-state index is 12.5. The van der Waals surface area contributed by atoms with Crippen LogP contribution in [0.3, 0.4) is 0 Å². The highest BCUT2D eigenvalue weighted by molar-refractivity contribution is 7.17. The zero-order valence-corrected chi connectivity index (χ0v) is 18.7. The highest BCUT2D eigenvalue weighted by Crippen LogP contribution is 2.38. The third-order valence-corrected chi connectivity index (χ3v) is 6.15. The van der Waals surface area contributed by atoms with Crippen LogP contribution >= 0.6 is 34.5 Å². The van der Waals surface area contributed by atoms with Crippen LogP contribution in [0.5, 0.6) is 5.75 Å². The van der Waals surface area contributed by atoms with Gasteiger partial charge in [0.15, 0.2) is 6.61 Å². The second-order valence-electron chi connectivity index (χ2n) is 6.53. The SMILES string of the molecule is CCOC(=O)c1c(NC(=O)COc2ccc(Cl)cc2Cl)sc2c1CCN(C(C)=O)C2. The summed E-state index contributed by atoms with van der Waals surface area (Å²) in [7, 11) is 0. The molecule has 1 N–H and O–H groups in total. The molecule has 2 aromatic rings. The number of hydrogen-bond acceptors (Lipinski definition) is 6. The Hall–Kier alpha value is -2.29. The van der Waals surface area contributed by atoms with Crippen LogP contribution in [-0.2, 0) is 27.3 Å². The van der Waals surface area contributed by atoms with Gasteiger partial charge in [-0.3, -0.25) is 9.59 Å². The summed E-state index contributed by atoms with van der Waals surface area (Å²) < 4.78 is 10.6. The number of hydrogen-bond donors (Lipinski definition) is 1. The molecule has 0 radical (unpaired) electrons. The van der Waals surface area contributed by atoms with Gasteiger partial charge >= 0.3 is 5.97 Å². The van der Waals surface area contributed by atoms with Crippen LogP contribution in [0.2, 0.25) is 10.0 Å². The smallest absolute Gasteiger partial charge is 0.341 e. The molecule has 1 aromatic carbocycles. The summed E-state index contributed by atoms with van der Waals surface area (Å²) in [5.41, 5.74) is 1.16. The van der Waals surface area contributed by atoms with E-state index in [1.54, 1.807) is 24.0 Å². The lowest BCUT2D eigenvalue weighted by Crippen LogP contribution is -2.34. The van der Waals surface area contributed by atoms with E-state index in [2.05, 4.69) is 5.32 Å². The van der Waals surface area contributed by atoms with Crippen molar-refractivity contribution in [3.8, 4) is 5.75 Å². The molecule has 0 spiro atoms. The zero-order chi connectivity index (χ0) is 21.8. The molecule has 0 unspecified atom stereocenters. The van der Waals surface area contributed by atoms with E-state index < -0.39 is 11.9 Å². The normalized spacial score (nSPS) is 12.9. The van der Waals surface area contributed by atoms with E-state index in [0.717, 1.165) is 10.4 Å². The highest BCUT2D eigenvalue weighted by Gasteiger charge is 2.30. The number of amides is 2. The van der Waals surface area contributed by atoms with Crippen LogP contribution in [0.25, 0.3) is 0 Å². The molecule has 0 bridgehead atoms. The summed E-state index contributed by atoms with van der Waals surface area (Å²) in [6, 6.07) is 4.69. The first kappa shape index (κ1) is 22.4. The van der Waals surface area contributed by atoms with E-state index in [1.165, 1.54) is 24.3 Å². The highest BCUT2D eigenvalue weighted by atomic mass is 35.5. The molecular weight excluding hydrogens is 451 g/mol. The molecular formula is C20H20Cl2N2O5S. The Kier molecular flexibility index (Phi) is 7.23. The molecule has 30 heavy (non-hydrogen) atoms. The number of ether oxygens (including phenoxy) is 2. The Morgan fingerprint density at radius 2 is 2.03 bits per heavy atom. The summed E-state index contributed by atoms with van der Waals surface area (Å²) in [4.78, 5) is 39.3. The van der Waals surface area contributed by atoms with Crippen molar-refractivity contribution in [3.05, 3.63) is 44.2 Å². The van der Waals surface area contributed by atoms with Crippen molar-refractivity contribution in [3.63, 3.8) is 0 Å². The standard InChI is InChI=1S/C20H20Cl2N2O5S/c1-3-28-20(27)18-13-6-7-24(11(2)25)9-16(13)30-19(18)23-17(26)10-29-15-5-4-12(21)8-14(15)22/h4-5,8H,3,6-7,9-10H2,1-2H3,(H,23,26). The summed E-state index contributed by atoms with van der Waals surface area (Å²) in [5.74, 6) is -0.660. The molecule has 3 rings (SSSR count). The van der Waals surface area contributed by atoms with Gasteiger partial charge in [0.2, 0.25) is 5.91 Å². The van der Waals surface area contributed by atoms with E-state index in [0.29, 0.717) is 45.9 Å². The predicted molar refractivity (Wildman–Crippen MR) is 116 cm³/mol. The average Bonchev–Trinajstić information content (AvgIpc) is 3.04. The maximum Gasteiger partial charge on any atom is 0.341 e. The van der Waals surface area contributed by atoms with Gasteiger partial charge in [-0.2, -0.15) is 0 Å². The van der Waals surface area contributed by atoms with Gasteiger partial charge in [-0.15, -0.1) is 11.3 Å². The second kappa shape index (κ2) is 9.68. The van der Waals surface area contributed by atoms with E-state index in [1.807, 2.05) is 0 Å². The van der Waals surface area contributed by atoms with Crippen molar-refractivity contribution >= 4 is 57.3 Å². The Morgan fingerprint density at radius 3 is 2.70 bits per heavy atom. The molecule has 0 atom stereocenters. The molecule has 1 aromatic heterocycles. The fourth-order valence-corrected chi connectivity index (χ4v) is 4.81. The Bertz CT molecular complexity index is 992. The lowest BCUT2D eigenvalue weighted by atomic mass is 10.0. The van der Waals surface area contributed by atoms with Gasteiger partial charge in [-0.05, 0) is 37.1 Å². The number of thiophene rings is 1. The van der Waals surface area contributed by atoms with Gasteiger partial charge in [0.25, 0.3) is 5.91 Å². The molecule has 160 valence electrons. The number of fused-ring (bicyclic) bond motifs is 1. The van der Waals surface area contributed by atoms with Crippen molar-refractivity contribution in [2.75, 3.05) is 25.1 Å². The molecule has 1 aliphatic rings. The van der Waals surface area contributed by atoms with Crippen LogP contribution in [0, 0.1) is 0 Å². The molecule has 2 heterocycles. The first-order chi connectivity index (χ1) is 14.3. The third-order valence-electron chi connectivity index (χ3n) is 4.49. The maximum absolute atomic E-state index is 12.5. The zero-order valence-electron chi connectivity index (χ0n) is 16.4. The minimum Gasteiger partial charge on any atom is -0.482 e. The van der Waals surface area contributed by atoms with Gasteiger partial charge in [0.05, 0.1) is 23.7 Å². The Balaban J connectivity index is 1.77. The summed E-state index contributed by atoms with van der Waals surface area (Å²) in [6.45, 7) is 4.05. The second-order valence-corrected chi connectivity index (χ2v) is 8.48. The van der Waals surface area contributed by atoms with Crippen LogP contribution in [0.15, 0.2) is 18.2 Å². The summed E-state index contributed by atoms with van der Waals surface area (Å²) in [6.07, 6.45) is 0.520. The number of nitrogens with zero attached hydrogens (tertiary/aromatic N) is 1. The monoisotopic (exact) mass is 470 g/mol. The topological polar surface area (TPSA) is 84.9 Å².